The normalized spacial score (nSPS) is 21.6. The molecule has 162 valence electrons. The van der Waals surface area contributed by atoms with Crippen molar-refractivity contribution in [1.82, 2.24) is 4.98 Å². The minimum absolute atomic E-state index is 0.580. The van der Waals surface area contributed by atoms with Gasteiger partial charge in [0.2, 0.25) is 0 Å². The molecule has 3 heteroatoms. The molecule has 0 saturated heterocycles. The van der Waals surface area contributed by atoms with Gasteiger partial charge in [0, 0.05) is 30.3 Å². The number of aryl methyl sites for hydroxylation is 1. The maximum atomic E-state index is 6.68. The highest BCUT2D eigenvalue weighted by molar-refractivity contribution is 6.33. The zero-order valence-corrected chi connectivity index (χ0v) is 19.6. The zero-order chi connectivity index (χ0) is 21.4. The smallest absolute Gasteiger partial charge is 0.0895 e. The molecule has 2 heterocycles. The van der Waals surface area contributed by atoms with E-state index in [1.165, 1.54) is 61.0 Å². The van der Waals surface area contributed by atoms with E-state index in [9.17, 15) is 0 Å². The molecule has 1 saturated carbocycles. The number of hydrogen-bond donors (Lipinski definition) is 0. The van der Waals surface area contributed by atoms with Crippen molar-refractivity contribution in [2.24, 2.45) is 11.8 Å². The third kappa shape index (κ3) is 4.32. The van der Waals surface area contributed by atoms with Gasteiger partial charge >= 0.3 is 0 Å². The van der Waals surface area contributed by atoms with Gasteiger partial charge in [0.15, 0.2) is 0 Å². The molecular weight excluding hydrogens is 400 g/mol. The van der Waals surface area contributed by atoms with Gasteiger partial charge in [-0.05, 0) is 55.0 Å². The minimum atomic E-state index is 0.580. The Kier molecular flexibility index (Phi) is 5.93. The predicted octanol–water partition coefficient (Wildman–Crippen LogP) is 7.85. The first-order valence-corrected chi connectivity index (χ1v) is 12.4. The van der Waals surface area contributed by atoms with Crippen LogP contribution in [0.15, 0.2) is 48.1 Å². The molecule has 2 nitrogen and oxygen atoms in total. The lowest BCUT2D eigenvalue weighted by molar-refractivity contribution is 0.356. The molecule has 31 heavy (non-hydrogen) atoms. The number of hydrogen-bond acceptors (Lipinski definition) is 2. The molecule has 5 rings (SSSR count). The molecule has 1 aromatic heterocycles. The second-order valence-corrected chi connectivity index (χ2v) is 10.0. The van der Waals surface area contributed by atoms with E-state index in [4.69, 9.17) is 16.6 Å². The quantitative estimate of drug-likeness (QED) is 0.447. The van der Waals surface area contributed by atoms with Gasteiger partial charge in [-0.1, -0.05) is 80.5 Å². The molecule has 0 amide bonds. The van der Waals surface area contributed by atoms with E-state index in [2.05, 4.69) is 61.2 Å². The molecule has 1 atom stereocenters. The molecule has 3 aliphatic rings. The van der Waals surface area contributed by atoms with Crippen LogP contribution >= 0.6 is 11.6 Å². The minimum Gasteiger partial charge on any atom is -0.368 e. The highest BCUT2D eigenvalue weighted by Crippen LogP contribution is 2.51. The van der Waals surface area contributed by atoms with E-state index in [0.29, 0.717) is 5.92 Å². The van der Waals surface area contributed by atoms with E-state index >= 15 is 0 Å². The topological polar surface area (TPSA) is 16.1 Å². The number of aromatic nitrogens is 1. The fourth-order valence-electron chi connectivity index (χ4n) is 5.50. The number of nitrogens with zero attached hydrogens (tertiary/aromatic N) is 2. The Balaban J connectivity index is 1.40. The van der Waals surface area contributed by atoms with E-state index in [1.807, 2.05) is 0 Å². The Labute approximate surface area is 192 Å². The second kappa shape index (κ2) is 8.82. The molecule has 1 aromatic carbocycles. The van der Waals surface area contributed by atoms with Gasteiger partial charge in [-0.25, -0.2) is 4.98 Å². The van der Waals surface area contributed by atoms with E-state index in [0.717, 1.165) is 41.7 Å². The summed E-state index contributed by atoms with van der Waals surface area (Å²) in [6, 6.07) is 10.9. The first-order chi connectivity index (χ1) is 15.1. The van der Waals surface area contributed by atoms with Crippen LogP contribution in [0.4, 0.5) is 5.69 Å². The van der Waals surface area contributed by atoms with Gasteiger partial charge in [0.25, 0.3) is 0 Å². The Morgan fingerprint density at radius 2 is 1.81 bits per heavy atom. The monoisotopic (exact) mass is 432 g/mol. The standard InChI is InChI=1S/C28H33ClN2/c1-19-17-25(29)28(22-11-13-23(14-12-22)31-15-7-4-8-16-31)30-27(19)26-20(2)24(26)18-21-9-5-3-6-10-21/h4,7,11-14,17,20-21H,3,5-6,8-10,15-16,18H2,1-2H3. The summed E-state index contributed by atoms with van der Waals surface area (Å²) >= 11 is 6.68. The van der Waals surface area contributed by atoms with Gasteiger partial charge in [0.05, 0.1) is 16.4 Å². The van der Waals surface area contributed by atoms with Crippen molar-refractivity contribution in [2.75, 3.05) is 18.0 Å². The highest BCUT2D eigenvalue weighted by atomic mass is 35.5. The van der Waals surface area contributed by atoms with Crippen LogP contribution in [0.3, 0.4) is 0 Å². The highest BCUT2D eigenvalue weighted by Gasteiger charge is 2.36. The van der Waals surface area contributed by atoms with Gasteiger partial charge in [-0.3, -0.25) is 0 Å². The molecule has 1 fully saturated rings. The van der Waals surface area contributed by atoms with Gasteiger partial charge in [-0.2, -0.15) is 0 Å². The summed E-state index contributed by atoms with van der Waals surface area (Å²) in [4.78, 5) is 7.54. The Bertz CT molecular complexity index is 1010. The first kappa shape index (κ1) is 20.8. The third-order valence-electron chi connectivity index (χ3n) is 7.44. The van der Waals surface area contributed by atoms with Crippen LogP contribution in [-0.4, -0.2) is 18.1 Å². The Hall–Kier alpha value is -2.06. The SMILES string of the molecule is Cc1cc(Cl)c(-c2ccc(N3CC=CCC3)cc2)nc1C1=C(CC2CCCCC2)C1C. The molecule has 0 bridgehead atoms. The number of halogens is 1. The van der Waals surface area contributed by atoms with E-state index in [1.54, 1.807) is 5.57 Å². The lowest BCUT2D eigenvalue weighted by atomic mass is 9.86. The summed E-state index contributed by atoms with van der Waals surface area (Å²) in [6.07, 6.45) is 14.0. The van der Waals surface area contributed by atoms with Crippen molar-refractivity contribution in [3.05, 3.63) is 64.3 Å². The van der Waals surface area contributed by atoms with Crippen molar-refractivity contribution >= 4 is 22.9 Å². The molecule has 0 N–H and O–H groups in total. The van der Waals surface area contributed by atoms with Gasteiger partial charge in [-0.15, -0.1) is 0 Å². The third-order valence-corrected chi connectivity index (χ3v) is 7.73. The summed E-state index contributed by atoms with van der Waals surface area (Å²) in [6.45, 7) is 6.58. The lowest BCUT2D eigenvalue weighted by Crippen LogP contribution is -2.26. The van der Waals surface area contributed by atoms with Gasteiger partial charge < -0.3 is 4.90 Å². The molecule has 1 unspecified atom stereocenters. The molecule has 2 aromatic rings. The molecule has 2 aliphatic carbocycles. The number of allylic oxidation sites excluding steroid dienone is 2. The fraction of sp³-hybridized carbons (Fsp3) is 0.464. The second-order valence-electron chi connectivity index (χ2n) is 9.61. The number of rotatable bonds is 5. The van der Waals surface area contributed by atoms with Crippen LogP contribution in [0.5, 0.6) is 0 Å². The maximum Gasteiger partial charge on any atom is 0.0895 e. The van der Waals surface area contributed by atoms with Crippen molar-refractivity contribution in [1.29, 1.82) is 0 Å². The summed E-state index contributed by atoms with van der Waals surface area (Å²) in [5, 5.41) is 0.748. The maximum absolute atomic E-state index is 6.68. The van der Waals surface area contributed by atoms with Crippen molar-refractivity contribution in [2.45, 2.75) is 58.8 Å². The molecular formula is C28H33ClN2. The predicted molar refractivity (Wildman–Crippen MR) is 133 cm³/mol. The van der Waals surface area contributed by atoms with Crippen LogP contribution in [0, 0.1) is 18.8 Å². The Morgan fingerprint density at radius 3 is 2.52 bits per heavy atom. The summed E-state index contributed by atoms with van der Waals surface area (Å²) in [5.41, 5.74) is 8.78. The number of benzene rings is 1. The van der Waals surface area contributed by atoms with Crippen molar-refractivity contribution in [3.8, 4) is 11.3 Å². The first-order valence-electron chi connectivity index (χ1n) is 12.0. The molecule has 0 spiro atoms. The van der Waals surface area contributed by atoms with Crippen LogP contribution in [0.25, 0.3) is 16.8 Å². The number of anilines is 1. The summed E-state index contributed by atoms with van der Waals surface area (Å²) in [5.74, 6) is 1.46. The summed E-state index contributed by atoms with van der Waals surface area (Å²) < 4.78 is 0. The van der Waals surface area contributed by atoms with E-state index in [-0.39, 0.29) is 0 Å². The zero-order valence-electron chi connectivity index (χ0n) is 18.8. The Morgan fingerprint density at radius 1 is 1.03 bits per heavy atom. The molecule has 0 radical (unpaired) electrons. The average molecular weight is 433 g/mol. The van der Waals surface area contributed by atoms with E-state index < -0.39 is 0 Å². The average Bonchev–Trinajstić information content (AvgIpc) is 3.43. The lowest BCUT2D eigenvalue weighted by Gasteiger charge is -2.25. The van der Waals surface area contributed by atoms with Crippen molar-refractivity contribution in [3.63, 3.8) is 0 Å². The van der Waals surface area contributed by atoms with Crippen LogP contribution < -0.4 is 4.90 Å². The number of pyridine rings is 1. The van der Waals surface area contributed by atoms with Crippen molar-refractivity contribution < 1.29 is 0 Å². The van der Waals surface area contributed by atoms with Crippen LogP contribution in [-0.2, 0) is 0 Å². The largest absolute Gasteiger partial charge is 0.368 e. The summed E-state index contributed by atoms with van der Waals surface area (Å²) in [7, 11) is 0. The van der Waals surface area contributed by atoms with Gasteiger partial charge in [0.1, 0.15) is 0 Å². The molecule has 1 aliphatic heterocycles. The fourth-order valence-corrected chi connectivity index (χ4v) is 5.82. The van der Waals surface area contributed by atoms with Crippen LogP contribution in [0.1, 0.15) is 63.1 Å². The van der Waals surface area contributed by atoms with Crippen LogP contribution in [0.2, 0.25) is 5.02 Å².